The van der Waals surface area contributed by atoms with Crippen molar-refractivity contribution in [2.75, 3.05) is 5.75 Å². The lowest BCUT2D eigenvalue weighted by molar-refractivity contribution is -0.138. The highest BCUT2D eigenvalue weighted by Crippen LogP contribution is 2.33. The van der Waals surface area contributed by atoms with Gasteiger partial charge in [0.15, 0.2) is 0 Å². The van der Waals surface area contributed by atoms with E-state index in [0.29, 0.717) is 11.3 Å². The van der Waals surface area contributed by atoms with Gasteiger partial charge in [0.05, 0.1) is 5.37 Å². The summed E-state index contributed by atoms with van der Waals surface area (Å²) in [6.07, 6.45) is 0. The van der Waals surface area contributed by atoms with E-state index in [2.05, 4.69) is 5.32 Å². The van der Waals surface area contributed by atoms with E-state index in [-0.39, 0.29) is 5.37 Å². The van der Waals surface area contributed by atoms with Crippen LogP contribution in [0.2, 0.25) is 0 Å². The number of carboxylic acid groups (broad SMARTS) is 1. The molecule has 0 amide bonds. The quantitative estimate of drug-likeness (QED) is 0.833. The normalized spacial score (nSPS) is 24.6. The fraction of sp³-hybridized carbons (Fsp3) is 0.300. The maximum Gasteiger partial charge on any atom is 0.321 e. The molecule has 1 aliphatic heterocycles. The third kappa shape index (κ3) is 2.33. The van der Waals surface area contributed by atoms with Crippen LogP contribution in [0.3, 0.4) is 0 Å². The molecule has 86 valence electrons. The lowest BCUT2D eigenvalue weighted by Crippen LogP contribution is -2.33. The van der Waals surface area contributed by atoms with Crippen LogP contribution in [0.5, 0.6) is 0 Å². The predicted octanol–water partition coefficient (Wildman–Crippen LogP) is 1.75. The molecule has 1 aromatic carbocycles. The van der Waals surface area contributed by atoms with Gasteiger partial charge in [-0.05, 0) is 17.7 Å². The second kappa shape index (κ2) is 4.39. The first kappa shape index (κ1) is 11.3. The summed E-state index contributed by atoms with van der Waals surface area (Å²) in [5.74, 6) is -1.88. The molecule has 2 N–H and O–H groups in total. The van der Waals surface area contributed by atoms with Crippen molar-refractivity contribution in [2.24, 2.45) is 0 Å². The molecule has 1 aliphatic rings. The summed E-state index contributed by atoms with van der Waals surface area (Å²) in [6, 6.07) is 2.54. The Hall–Kier alpha value is -1.14. The molecule has 1 aromatic rings. The minimum atomic E-state index is -0.952. The maximum absolute atomic E-state index is 12.9. The molecule has 1 fully saturated rings. The Balaban J connectivity index is 2.17. The number of thioether (sulfide) groups is 1. The molecule has 3 nitrogen and oxygen atoms in total. The van der Waals surface area contributed by atoms with Crippen LogP contribution in [-0.4, -0.2) is 22.9 Å². The van der Waals surface area contributed by atoms with E-state index in [9.17, 15) is 13.6 Å². The van der Waals surface area contributed by atoms with Gasteiger partial charge in [-0.25, -0.2) is 8.78 Å². The average Bonchev–Trinajstić information content (AvgIpc) is 2.64. The standard InChI is InChI=1S/C10H9F2NO2S/c11-6-1-5(2-7(12)3-6)9-13-8(4-16-9)10(14)15/h1-3,8-9,13H,4H2,(H,14,15). The first-order chi connectivity index (χ1) is 7.56. The lowest BCUT2D eigenvalue weighted by Gasteiger charge is -2.11. The first-order valence-electron chi connectivity index (χ1n) is 4.63. The number of benzene rings is 1. The summed E-state index contributed by atoms with van der Waals surface area (Å²) < 4.78 is 25.9. The Bertz CT molecular complexity index is 407. The Labute approximate surface area is 94.8 Å². The fourth-order valence-electron chi connectivity index (χ4n) is 1.53. The van der Waals surface area contributed by atoms with Gasteiger partial charge in [-0.2, -0.15) is 0 Å². The Morgan fingerprint density at radius 2 is 2.00 bits per heavy atom. The summed E-state index contributed by atoms with van der Waals surface area (Å²) in [5, 5.41) is 11.2. The Morgan fingerprint density at radius 1 is 1.38 bits per heavy atom. The molecule has 0 radical (unpaired) electrons. The number of nitrogens with one attached hydrogen (secondary N) is 1. The number of hydrogen-bond donors (Lipinski definition) is 2. The highest BCUT2D eigenvalue weighted by atomic mass is 32.2. The Kier molecular flexibility index (Phi) is 3.11. The molecular formula is C10H9F2NO2S. The first-order valence-corrected chi connectivity index (χ1v) is 5.67. The minimum Gasteiger partial charge on any atom is -0.480 e. The van der Waals surface area contributed by atoms with Gasteiger partial charge in [-0.3, -0.25) is 10.1 Å². The van der Waals surface area contributed by atoms with Crippen LogP contribution < -0.4 is 5.32 Å². The van der Waals surface area contributed by atoms with Crippen LogP contribution in [0.4, 0.5) is 8.78 Å². The van der Waals surface area contributed by atoms with Crippen molar-refractivity contribution in [3.63, 3.8) is 0 Å². The summed E-state index contributed by atoms with van der Waals surface area (Å²) in [6.45, 7) is 0. The van der Waals surface area contributed by atoms with Gasteiger partial charge in [0.1, 0.15) is 17.7 Å². The third-order valence-corrected chi connectivity index (χ3v) is 3.54. The van der Waals surface area contributed by atoms with Crippen LogP contribution in [0.15, 0.2) is 18.2 Å². The average molecular weight is 245 g/mol. The van der Waals surface area contributed by atoms with Gasteiger partial charge in [-0.15, -0.1) is 11.8 Å². The molecule has 0 aromatic heterocycles. The Morgan fingerprint density at radius 3 is 2.50 bits per heavy atom. The van der Waals surface area contributed by atoms with Crippen LogP contribution >= 0.6 is 11.8 Å². The minimum absolute atomic E-state index is 0.369. The maximum atomic E-state index is 12.9. The van der Waals surface area contributed by atoms with Crippen molar-refractivity contribution < 1.29 is 18.7 Å². The summed E-state index contributed by atoms with van der Waals surface area (Å²) >= 11 is 1.32. The summed E-state index contributed by atoms with van der Waals surface area (Å²) in [5.41, 5.74) is 0.422. The van der Waals surface area contributed by atoms with Crippen LogP contribution in [0, 0.1) is 11.6 Å². The lowest BCUT2D eigenvalue weighted by atomic mass is 10.2. The summed E-state index contributed by atoms with van der Waals surface area (Å²) in [4.78, 5) is 10.7. The zero-order valence-corrected chi connectivity index (χ0v) is 8.93. The third-order valence-electron chi connectivity index (χ3n) is 2.27. The smallest absolute Gasteiger partial charge is 0.321 e. The number of hydrogen-bond acceptors (Lipinski definition) is 3. The predicted molar refractivity (Wildman–Crippen MR) is 56.1 cm³/mol. The van der Waals surface area contributed by atoms with Crippen LogP contribution in [0.25, 0.3) is 0 Å². The topological polar surface area (TPSA) is 49.3 Å². The van der Waals surface area contributed by atoms with Gasteiger partial charge in [0, 0.05) is 11.8 Å². The van der Waals surface area contributed by atoms with Crippen molar-refractivity contribution in [3.8, 4) is 0 Å². The van der Waals surface area contributed by atoms with Gasteiger partial charge in [-0.1, -0.05) is 0 Å². The van der Waals surface area contributed by atoms with Gasteiger partial charge >= 0.3 is 5.97 Å². The molecule has 16 heavy (non-hydrogen) atoms. The molecule has 0 spiro atoms. The van der Waals surface area contributed by atoms with Crippen molar-refractivity contribution in [1.29, 1.82) is 0 Å². The van der Waals surface area contributed by atoms with E-state index in [1.165, 1.54) is 23.9 Å². The van der Waals surface area contributed by atoms with Crippen molar-refractivity contribution in [1.82, 2.24) is 5.32 Å². The number of rotatable bonds is 2. The number of carbonyl (C=O) groups is 1. The molecule has 1 saturated heterocycles. The second-order valence-corrected chi connectivity index (χ2v) is 4.61. The van der Waals surface area contributed by atoms with E-state index < -0.39 is 23.6 Å². The monoisotopic (exact) mass is 245 g/mol. The molecule has 0 saturated carbocycles. The van der Waals surface area contributed by atoms with E-state index in [1.54, 1.807) is 0 Å². The summed E-state index contributed by atoms with van der Waals surface area (Å²) in [7, 11) is 0. The number of carboxylic acids is 1. The SMILES string of the molecule is O=C(O)C1CSC(c2cc(F)cc(F)c2)N1. The highest BCUT2D eigenvalue weighted by Gasteiger charge is 2.30. The molecule has 0 bridgehead atoms. The fourth-order valence-corrected chi connectivity index (χ4v) is 2.75. The molecule has 6 heteroatoms. The van der Waals surface area contributed by atoms with Crippen LogP contribution in [-0.2, 0) is 4.79 Å². The highest BCUT2D eigenvalue weighted by molar-refractivity contribution is 7.99. The van der Waals surface area contributed by atoms with E-state index >= 15 is 0 Å². The van der Waals surface area contributed by atoms with Crippen molar-refractivity contribution >= 4 is 17.7 Å². The van der Waals surface area contributed by atoms with Crippen molar-refractivity contribution in [3.05, 3.63) is 35.4 Å². The van der Waals surface area contributed by atoms with E-state index in [0.717, 1.165) is 6.07 Å². The largest absolute Gasteiger partial charge is 0.480 e. The number of aliphatic carboxylic acids is 1. The zero-order valence-electron chi connectivity index (χ0n) is 8.11. The van der Waals surface area contributed by atoms with Gasteiger partial charge in [0.2, 0.25) is 0 Å². The van der Waals surface area contributed by atoms with Gasteiger partial charge in [0.25, 0.3) is 0 Å². The molecular weight excluding hydrogens is 236 g/mol. The number of halogens is 2. The van der Waals surface area contributed by atoms with Gasteiger partial charge < -0.3 is 5.11 Å². The molecule has 2 unspecified atom stereocenters. The zero-order chi connectivity index (χ0) is 11.7. The molecule has 0 aliphatic carbocycles. The van der Waals surface area contributed by atoms with Crippen LogP contribution in [0.1, 0.15) is 10.9 Å². The molecule has 1 heterocycles. The van der Waals surface area contributed by atoms with E-state index in [4.69, 9.17) is 5.11 Å². The van der Waals surface area contributed by atoms with Crippen molar-refractivity contribution in [2.45, 2.75) is 11.4 Å². The second-order valence-electron chi connectivity index (χ2n) is 3.47. The molecule has 2 rings (SSSR count). The molecule has 2 atom stereocenters. The van der Waals surface area contributed by atoms with E-state index in [1.807, 2.05) is 0 Å².